The highest BCUT2D eigenvalue weighted by Gasteiger charge is 1.96. The Morgan fingerprint density at radius 3 is 0.875 bits per heavy atom. The Hall–Kier alpha value is -2.60. The first-order chi connectivity index (χ1) is 11.2. The summed E-state index contributed by atoms with van der Waals surface area (Å²) in [6, 6.07) is 16.6. The molecule has 0 atom stereocenters. The van der Waals surface area contributed by atoms with E-state index in [1.807, 2.05) is 39.8 Å². The van der Waals surface area contributed by atoms with Crippen LogP contribution in [0.3, 0.4) is 0 Å². The maximum atomic E-state index is 3.90. The normalized spacial score (nSPS) is 9.50. The van der Waals surface area contributed by atoms with Gasteiger partial charge in [-0.2, -0.15) is 0 Å². The monoisotopic (exact) mass is 316 g/mol. The van der Waals surface area contributed by atoms with E-state index in [0.29, 0.717) is 0 Å². The Bertz CT molecular complexity index is 646. The van der Waals surface area contributed by atoms with Crippen molar-refractivity contribution in [2.24, 2.45) is 0 Å². The Kier molecular flexibility index (Phi) is 7.20. The summed E-state index contributed by atoms with van der Waals surface area (Å²) < 4.78 is 0. The van der Waals surface area contributed by atoms with Crippen molar-refractivity contribution in [2.75, 3.05) is 0 Å². The van der Waals surface area contributed by atoms with Gasteiger partial charge in [0.25, 0.3) is 0 Å². The summed E-state index contributed by atoms with van der Waals surface area (Å²) in [6.45, 7) is 23.6. The molecule has 0 saturated heterocycles. The van der Waals surface area contributed by atoms with Gasteiger partial charge in [-0.25, -0.2) is 0 Å². The molecule has 24 heavy (non-hydrogen) atoms. The Balaban J connectivity index is 0.000000240. The number of benzene rings is 2. The molecule has 0 fully saturated rings. The minimum atomic E-state index is 1.10. The van der Waals surface area contributed by atoms with Crippen molar-refractivity contribution >= 4 is 22.3 Å². The van der Waals surface area contributed by atoms with Gasteiger partial charge in [0, 0.05) is 0 Å². The minimum absolute atomic E-state index is 1.10. The van der Waals surface area contributed by atoms with Gasteiger partial charge in [-0.15, -0.1) is 0 Å². The number of hydrogen-bond donors (Lipinski definition) is 0. The number of hydrogen-bond acceptors (Lipinski definition) is 0. The molecule has 0 aliphatic rings. The average molecular weight is 316 g/mol. The predicted octanol–water partition coefficient (Wildman–Crippen LogP) is 7.51. The third-order valence-corrected chi connectivity index (χ3v) is 3.70. The average Bonchev–Trinajstić information content (AvgIpc) is 2.55. The van der Waals surface area contributed by atoms with Crippen molar-refractivity contribution in [1.82, 2.24) is 0 Å². The zero-order valence-electron chi connectivity index (χ0n) is 15.4. The van der Waals surface area contributed by atoms with Gasteiger partial charge in [-0.05, 0) is 62.1 Å². The van der Waals surface area contributed by atoms with E-state index >= 15 is 0 Å². The molecule has 0 saturated carbocycles. The molecule has 0 heterocycles. The summed E-state index contributed by atoms with van der Waals surface area (Å²) >= 11 is 0. The van der Waals surface area contributed by atoms with Crippen LogP contribution in [0.15, 0.2) is 74.8 Å². The molecular formula is C24H28. The van der Waals surface area contributed by atoms with E-state index in [-0.39, 0.29) is 0 Å². The van der Waals surface area contributed by atoms with E-state index in [0.717, 1.165) is 22.3 Å². The lowest BCUT2D eigenvalue weighted by atomic mass is 10.0. The lowest BCUT2D eigenvalue weighted by Crippen LogP contribution is -1.81. The summed E-state index contributed by atoms with van der Waals surface area (Å²) in [7, 11) is 0. The molecule has 0 bridgehead atoms. The maximum absolute atomic E-state index is 3.90. The van der Waals surface area contributed by atoms with Gasteiger partial charge in [0.15, 0.2) is 0 Å². The summed E-state index contributed by atoms with van der Waals surface area (Å²) in [5, 5.41) is 0. The first kappa shape index (κ1) is 19.4. The lowest BCUT2D eigenvalue weighted by molar-refractivity contribution is 1.52. The van der Waals surface area contributed by atoms with Crippen LogP contribution in [-0.4, -0.2) is 0 Å². The van der Waals surface area contributed by atoms with Gasteiger partial charge >= 0.3 is 0 Å². The third-order valence-electron chi connectivity index (χ3n) is 3.70. The second-order valence-electron chi connectivity index (χ2n) is 6.28. The maximum Gasteiger partial charge on any atom is -0.0227 e. The predicted molar refractivity (Wildman–Crippen MR) is 112 cm³/mol. The molecule has 2 aromatic carbocycles. The fourth-order valence-corrected chi connectivity index (χ4v) is 2.10. The van der Waals surface area contributed by atoms with E-state index < -0.39 is 0 Å². The fourth-order valence-electron chi connectivity index (χ4n) is 2.10. The Labute approximate surface area is 147 Å². The van der Waals surface area contributed by atoms with Crippen molar-refractivity contribution in [3.8, 4) is 0 Å². The first-order valence-electron chi connectivity index (χ1n) is 8.06. The zero-order valence-corrected chi connectivity index (χ0v) is 15.4. The Morgan fingerprint density at radius 2 is 0.708 bits per heavy atom. The SMILES string of the molecule is C=C(C)c1cccc(C(=C)C)c1.C=C(C)c1cccc(C(=C)C)c1. The van der Waals surface area contributed by atoms with Gasteiger partial charge in [0.1, 0.15) is 0 Å². The standard InChI is InChI=1S/2C12H14/c2*1-9(2)11-6-5-7-12(8-11)10(3)4/h2*5-8H,1,3H2,2,4H3. The molecule has 2 aromatic rings. The lowest BCUT2D eigenvalue weighted by Gasteiger charge is -2.03. The van der Waals surface area contributed by atoms with Gasteiger partial charge in [-0.3, -0.25) is 0 Å². The molecule has 0 aliphatic carbocycles. The second kappa shape index (κ2) is 8.88. The quantitative estimate of drug-likeness (QED) is 0.547. The van der Waals surface area contributed by atoms with Gasteiger partial charge in [0.05, 0.1) is 0 Å². The number of allylic oxidation sites excluding steroid dienone is 4. The van der Waals surface area contributed by atoms with Gasteiger partial charge in [-0.1, -0.05) is 85.0 Å². The molecule has 2 rings (SSSR count). The minimum Gasteiger partial charge on any atom is -0.0955 e. The molecular weight excluding hydrogens is 288 g/mol. The second-order valence-corrected chi connectivity index (χ2v) is 6.28. The van der Waals surface area contributed by atoms with Crippen LogP contribution in [-0.2, 0) is 0 Å². The van der Waals surface area contributed by atoms with Crippen LogP contribution in [0.2, 0.25) is 0 Å². The highest BCUT2D eigenvalue weighted by molar-refractivity contribution is 5.69. The van der Waals surface area contributed by atoms with Crippen LogP contribution < -0.4 is 0 Å². The van der Waals surface area contributed by atoms with Crippen LogP contribution in [0, 0.1) is 0 Å². The fraction of sp³-hybridized carbons (Fsp3) is 0.167. The van der Waals surface area contributed by atoms with Crippen molar-refractivity contribution in [3.05, 3.63) is 97.1 Å². The number of rotatable bonds is 4. The largest absolute Gasteiger partial charge is 0.0955 e. The topological polar surface area (TPSA) is 0 Å². The van der Waals surface area contributed by atoms with E-state index in [9.17, 15) is 0 Å². The van der Waals surface area contributed by atoms with E-state index in [4.69, 9.17) is 0 Å². The van der Waals surface area contributed by atoms with Crippen LogP contribution in [0.4, 0.5) is 0 Å². The summed E-state index contributed by atoms with van der Waals surface area (Å²) in [5.41, 5.74) is 9.14. The summed E-state index contributed by atoms with van der Waals surface area (Å²) in [5.74, 6) is 0. The van der Waals surface area contributed by atoms with Gasteiger partial charge in [0.2, 0.25) is 0 Å². The van der Waals surface area contributed by atoms with E-state index in [1.54, 1.807) is 0 Å². The molecule has 124 valence electrons. The zero-order chi connectivity index (χ0) is 18.3. The van der Waals surface area contributed by atoms with Crippen molar-refractivity contribution in [2.45, 2.75) is 27.7 Å². The smallest absolute Gasteiger partial charge is 0.0227 e. The van der Waals surface area contributed by atoms with Crippen molar-refractivity contribution < 1.29 is 0 Å². The van der Waals surface area contributed by atoms with Crippen LogP contribution in [0.5, 0.6) is 0 Å². The molecule has 0 heteroatoms. The molecule has 0 nitrogen and oxygen atoms in total. The van der Waals surface area contributed by atoms with Crippen LogP contribution in [0.25, 0.3) is 22.3 Å². The van der Waals surface area contributed by atoms with Crippen molar-refractivity contribution in [1.29, 1.82) is 0 Å². The van der Waals surface area contributed by atoms with E-state index in [1.165, 1.54) is 22.3 Å². The molecule has 0 amide bonds. The van der Waals surface area contributed by atoms with Crippen molar-refractivity contribution in [3.63, 3.8) is 0 Å². The molecule has 0 aliphatic heterocycles. The highest BCUT2D eigenvalue weighted by atomic mass is 14.0. The van der Waals surface area contributed by atoms with Gasteiger partial charge < -0.3 is 0 Å². The summed E-state index contributed by atoms with van der Waals surface area (Å²) in [4.78, 5) is 0. The summed E-state index contributed by atoms with van der Waals surface area (Å²) in [6.07, 6.45) is 0. The third kappa shape index (κ3) is 5.89. The van der Waals surface area contributed by atoms with Crippen LogP contribution >= 0.6 is 0 Å². The molecule has 0 aromatic heterocycles. The molecule has 0 radical (unpaired) electrons. The molecule has 0 unspecified atom stereocenters. The highest BCUT2D eigenvalue weighted by Crippen LogP contribution is 2.18. The Morgan fingerprint density at radius 1 is 0.500 bits per heavy atom. The first-order valence-corrected chi connectivity index (χ1v) is 8.06. The molecule has 0 spiro atoms. The molecule has 0 N–H and O–H groups in total. The van der Waals surface area contributed by atoms with Crippen LogP contribution in [0.1, 0.15) is 49.9 Å². The van der Waals surface area contributed by atoms with E-state index in [2.05, 4.69) is 62.7 Å².